The van der Waals surface area contributed by atoms with Gasteiger partial charge in [-0.15, -0.1) is 24.0 Å². The van der Waals surface area contributed by atoms with E-state index in [4.69, 9.17) is 10.5 Å². The van der Waals surface area contributed by atoms with Crippen molar-refractivity contribution in [2.24, 2.45) is 10.7 Å². The van der Waals surface area contributed by atoms with E-state index in [-0.39, 0.29) is 24.0 Å². The molecule has 0 aliphatic carbocycles. The number of halogens is 4. The minimum absolute atomic E-state index is 0. The number of guanidine groups is 1. The van der Waals surface area contributed by atoms with Crippen molar-refractivity contribution < 1.29 is 17.9 Å². The number of rotatable bonds is 7. The second-order valence-electron chi connectivity index (χ2n) is 7.32. The molecule has 3 rings (SSSR count). The van der Waals surface area contributed by atoms with Crippen molar-refractivity contribution in [1.29, 1.82) is 0 Å². The topological polar surface area (TPSA) is 66.1 Å². The molecule has 0 bridgehead atoms. The zero-order valence-corrected chi connectivity index (χ0v) is 20.3. The standard InChI is InChI=1S/C22H28F3N5O.HI/c1-31-20-9-3-2-8-19(20)28-21(26)27-10-5-11-29-12-14-30(15-13-29)18-7-4-6-17(16-18)22(23,24)25;/h2-4,6-9,16H,5,10-15H2,1H3,(H3,26,27,28);1H. The van der Waals surface area contributed by atoms with Gasteiger partial charge < -0.3 is 20.7 Å². The number of hydrogen-bond acceptors (Lipinski definition) is 4. The smallest absolute Gasteiger partial charge is 0.416 e. The highest BCUT2D eigenvalue weighted by atomic mass is 127. The van der Waals surface area contributed by atoms with Gasteiger partial charge in [0.15, 0.2) is 5.96 Å². The van der Waals surface area contributed by atoms with E-state index in [1.807, 2.05) is 29.2 Å². The van der Waals surface area contributed by atoms with E-state index in [0.717, 1.165) is 37.8 Å². The Hall–Kier alpha value is -2.21. The van der Waals surface area contributed by atoms with Crippen molar-refractivity contribution in [3.05, 3.63) is 54.1 Å². The third-order valence-corrected chi connectivity index (χ3v) is 5.20. The van der Waals surface area contributed by atoms with Crippen LogP contribution in [0.4, 0.5) is 24.5 Å². The molecular weight excluding hydrogens is 534 g/mol. The Morgan fingerprint density at radius 1 is 1.09 bits per heavy atom. The number of nitrogens with one attached hydrogen (secondary N) is 1. The molecule has 10 heteroatoms. The monoisotopic (exact) mass is 563 g/mol. The van der Waals surface area contributed by atoms with Gasteiger partial charge in [-0.05, 0) is 36.8 Å². The van der Waals surface area contributed by atoms with Gasteiger partial charge in [-0.2, -0.15) is 13.2 Å². The van der Waals surface area contributed by atoms with Gasteiger partial charge in [0.2, 0.25) is 0 Å². The highest BCUT2D eigenvalue weighted by molar-refractivity contribution is 14.0. The molecule has 1 heterocycles. The molecule has 0 radical (unpaired) electrons. The minimum Gasteiger partial charge on any atom is -0.495 e. The Morgan fingerprint density at radius 3 is 2.50 bits per heavy atom. The summed E-state index contributed by atoms with van der Waals surface area (Å²) in [6.45, 7) is 4.44. The van der Waals surface area contributed by atoms with Gasteiger partial charge >= 0.3 is 6.18 Å². The van der Waals surface area contributed by atoms with Crippen LogP contribution in [0.1, 0.15) is 12.0 Å². The summed E-state index contributed by atoms with van der Waals surface area (Å²) in [4.78, 5) is 8.65. The molecule has 0 unspecified atom stereocenters. The Bertz CT molecular complexity index is 886. The molecule has 6 nitrogen and oxygen atoms in total. The first kappa shape index (κ1) is 26.0. The normalized spacial score (nSPS) is 15.2. The van der Waals surface area contributed by atoms with Crippen LogP contribution >= 0.6 is 24.0 Å². The lowest BCUT2D eigenvalue weighted by atomic mass is 10.1. The molecule has 0 atom stereocenters. The first-order valence-electron chi connectivity index (χ1n) is 10.2. The van der Waals surface area contributed by atoms with Gasteiger partial charge in [0, 0.05) is 45.0 Å². The molecule has 32 heavy (non-hydrogen) atoms. The number of nitrogens with two attached hydrogens (primary N) is 1. The number of methoxy groups -OCH3 is 1. The fourth-order valence-electron chi connectivity index (χ4n) is 3.53. The minimum atomic E-state index is -4.32. The SMILES string of the molecule is COc1ccccc1NC(N)=NCCCN1CCN(c2cccc(C(F)(F)F)c2)CC1.I. The van der Waals surface area contributed by atoms with Crippen molar-refractivity contribution >= 4 is 41.3 Å². The largest absolute Gasteiger partial charge is 0.495 e. The summed E-state index contributed by atoms with van der Waals surface area (Å²) >= 11 is 0. The van der Waals surface area contributed by atoms with E-state index in [9.17, 15) is 13.2 Å². The average Bonchev–Trinajstić information content (AvgIpc) is 2.77. The van der Waals surface area contributed by atoms with Crippen LogP contribution in [0, 0.1) is 0 Å². The molecule has 1 fully saturated rings. The van der Waals surface area contributed by atoms with E-state index in [2.05, 4.69) is 15.2 Å². The fourth-order valence-corrected chi connectivity index (χ4v) is 3.53. The lowest BCUT2D eigenvalue weighted by Crippen LogP contribution is -2.46. The number of hydrogen-bond donors (Lipinski definition) is 2. The van der Waals surface area contributed by atoms with Crippen molar-refractivity contribution in [1.82, 2.24) is 4.90 Å². The van der Waals surface area contributed by atoms with E-state index in [0.29, 0.717) is 37.0 Å². The van der Waals surface area contributed by atoms with Crippen LogP contribution in [0.2, 0.25) is 0 Å². The molecule has 0 saturated carbocycles. The highest BCUT2D eigenvalue weighted by Gasteiger charge is 2.31. The highest BCUT2D eigenvalue weighted by Crippen LogP contribution is 2.31. The van der Waals surface area contributed by atoms with Crippen LogP contribution in [-0.2, 0) is 6.18 Å². The molecule has 0 spiro atoms. The Labute approximate surface area is 203 Å². The lowest BCUT2D eigenvalue weighted by Gasteiger charge is -2.36. The Kier molecular flexibility index (Phi) is 9.88. The number of ether oxygens (including phenoxy) is 1. The maximum absolute atomic E-state index is 12.9. The molecule has 3 N–H and O–H groups in total. The van der Waals surface area contributed by atoms with E-state index in [1.54, 1.807) is 13.2 Å². The molecule has 2 aromatic rings. The van der Waals surface area contributed by atoms with Crippen molar-refractivity contribution in [3.8, 4) is 5.75 Å². The maximum atomic E-state index is 12.9. The van der Waals surface area contributed by atoms with Gasteiger partial charge in [-0.25, -0.2) is 0 Å². The summed E-state index contributed by atoms with van der Waals surface area (Å²) in [6.07, 6.45) is -3.47. The summed E-state index contributed by atoms with van der Waals surface area (Å²) in [5.74, 6) is 1.03. The Morgan fingerprint density at radius 2 is 1.81 bits per heavy atom. The molecule has 176 valence electrons. The van der Waals surface area contributed by atoms with Gasteiger partial charge in [-0.3, -0.25) is 9.89 Å². The number of alkyl halides is 3. The van der Waals surface area contributed by atoms with E-state index < -0.39 is 11.7 Å². The fraction of sp³-hybridized carbons (Fsp3) is 0.409. The van der Waals surface area contributed by atoms with Gasteiger partial charge in [0.25, 0.3) is 0 Å². The molecule has 1 saturated heterocycles. The second-order valence-corrected chi connectivity index (χ2v) is 7.32. The summed E-state index contributed by atoms with van der Waals surface area (Å²) in [5.41, 5.74) is 6.73. The summed E-state index contributed by atoms with van der Waals surface area (Å²) in [7, 11) is 1.60. The van der Waals surface area contributed by atoms with Crippen LogP contribution in [0.5, 0.6) is 5.75 Å². The van der Waals surface area contributed by atoms with Crippen LogP contribution < -0.4 is 20.7 Å². The number of nitrogens with zero attached hydrogens (tertiary/aromatic N) is 3. The van der Waals surface area contributed by atoms with Crippen molar-refractivity contribution in [3.63, 3.8) is 0 Å². The predicted octanol–water partition coefficient (Wildman–Crippen LogP) is 4.27. The molecule has 2 aromatic carbocycles. The summed E-state index contributed by atoms with van der Waals surface area (Å²) in [5, 5.41) is 3.04. The lowest BCUT2D eigenvalue weighted by molar-refractivity contribution is -0.137. The third-order valence-electron chi connectivity index (χ3n) is 5.20. The number of piperazine rings is 1. The predicted molar refractivity (Wildman–Crippen MR) is 133 cm³/mol. The van der Waals surface area contributed by atoms with E-state index >= 15 is 0 Å². The summed E-state index contributed by atoms with van der Waals surface area (Å²) in [6, 6.07) is 13.0. The zero-order chi connectivity index (χ0) is 22.3. The van der Waals surface area contributed by atoms with E-state index in [1.165, 1.54) is 12.1 Å². The molecule has 0 amide bonds. The van der Waals surface area contributed by atoms with Crippen LogP contribution in [0.15, 0.2) is 53.5 Å². The van der Waals surface area contributed by atoms with Crippen molar-refractivity contribution in [2.45, 2.75) is 12.6 Å². The first-order chi connectivity index (χ1) is 14.9. The number of para-hydroxylation sites is 2. The average molecular weight is 563 g/mol. The number of benzene rings is 2. The first-order valence-corrected chi connectivity index (χ1v) is 10.2. The number of aliphatic imine (C=N–C) groups is 1. The van der Waals surface area contributed by atoms with Crippen molar-refractivity contribution in [2.75, 3.05) is 56.6 Å². The summed E-state index contributed by atoms with van der Waals surface area (Å²) < 4.78 is 44.1. The quantitative estimate of drug-likeness (QED) is 0.228. The molecule has 1 aliphatic rings. The number of anilines is 2. The molecule has 1 aliphatic heterocycles. The molecule has 0 aromatic heterocycles. The van der Waals surface area contributed by atoms with Crippen LogP contribution in [-0.4, -0.2) is 57.2 Å². The van der Waals surface area contributed by atoms with Gasteiger partial charge in [-0.1, -0.05) is 18.2 Å². The Balaban J connectivity index is 0.00000363. The second kappa shape index (κ2) is 12.1. The zero-order valence-electron chi connectivity index (χ0n) is 17.9. The van der Waals surface area contributed by atoms with Gasteiger partial charge in [0.05, 0.1) is 18.4 Å². The van der Waals surface area contributed by atoms with Gasteiger partial charge in [0.1, 0.15) is 5.75 Å². The van der Waals surface area contributed by atoms with Crippen LogP contribution in [0.25, 0.3) is 0 Å². The van der Waals surface area contributed by atoms with Crippen LogP contribution in [0.3, 0.4) is 0 Å². The molecular formula is C22H29F3IN5O. The third kappa shape index (κ3) is 7.44. The maximum Gasteiger partial charge on any atom is 0.416 e.